The fourth-order valence-corrected chi connectivity index (χ4v) is 2.59. The Kier molecular flexibility index (Phi) is 2.94. The van der Waals surface area contributed by atoms with Gasteiger partial charge in [-0.3, -0.25) is 4.79 Å². The Hall–Kier alpha value is -2.12. The number of carbonyl (C=O) groups excluding carboxylic acids is 1. The average Bonchev–Trinajstić information content (AvgIpc) is 2.66. The third kappa shape index (κ3) is 2.05. The zero-order valence-electron chi connectivity index (χ0n) is 9.28. The van der Waals surface area contributed by atoms with E-state index in [0.29, 0.717) is 10.6 Å². The molecule has 0 aliphatic heterocycles. The molecule has 2 rings (SSSR count). The highest BCUT2D eigenvalue weighted by Crippen LogP contribution is 2.32. The number of hydrogen-bond acceptors (Lipinski definition) is 3. The maximum absolute atomic E-state index is 11.2. The molecule has 84 valence electrons. The molecule has 0 aliphatic carbocycles. The minimum Gasteiger partial charge on any atom is -0.323 e. The summed E-state index contributed by atoms with van der Waals surface area (Å²) >= 11 is 1.46. The number of nitriles is 1. The Morgan fingerprint density at radius 1 is 1.59 bits per heavy atom. The van der Waals surface area contributed by atoms with E-state index in [4.69, 9.17) is 5.26 Å². The highest BCUT2D eigenvalue weighted by atomic mass is 32.1. The van der Waals surface area contributed by atoms with E-state index in [1.165, 1.54) is 17.4 Å². The number of benzene rings is 1. The van der Waals surface area contributed by atoms with Crippen LogP contribution in [0.2, 0.25) is 0 Å². The van der Waals surface area contributed by atoms with Gasteiger partial charge in [0.25, 0.3) is 0 Å². The van der Waals surface area contributed by atoms with Gasteiger partial charge in [0.1, 0.15) is 10.9 Å². The predicted molar refractivity (Wildman–Crippen MR) is 70.1 cm³/mol. The first kappa shape index (κ1) is 11.4. The quantitative estimate of drug-likeness (QED) is 0.822. The molecule has 0 unspecified atom stereocenters. The molecule has 1 N–H and O–H groups in total. The molecule has 0 spiro atoms. The third-order valence-electron chi connectivity index (χ3n) is 2.49. The Morgan fingerprint density at radius 3 is 3.00 bits per heavy atom. The highest BCUT2D eigenvalue weighted by Gasteiger charge is 2.08. The molecule has 1 heterocycles. The molecule has 1 aromatic heterocycles. The Balaban J connectivity index is 2.50. The largest absolute Gasteiger partial charge is 0.323 e. The van der Waals surface area contributed by atoms with Gasteiger partial charge >= 0.3 is 0 Å². The molecule has 2 aromatic rings. The van der Waals surface area contributed by atoms with Crippen molar-refractivity contribution < 1.29 is 4.79 Å². The summed E-state index contributed by atoms with van der Waals surface area (Å²) in [6.45, 7) is 5.31. The summed E-state index contributed by atoms with van der Waals surface area (Å²) in [5, 5.41) is 12.7. The Bertz CT molecular complexity index is 649. The molecule has 1 amide bonds. The number of carbonyl (C=O) groups is 1. The number of aryl methyl sites for hydroxylation is 1. The van der Waals surface area contributed by atoms with Crippen molar-refractivity contribution in [1.29, 1.82) is 5.26 Å². The number of hydrogen-bond donors (Lipinski definition) is 1. The summed E-state index contributed by atoms with van der Waals surface area (Å²) in [4.78, 5) is 11.9. The molecule has 17 heavy (non-hydrogen) atoms. The summed E-state index contributed by atoms with van der Waals surface area (Å²) in [6, 6.07) is 7.78. The molecular weight excluding hydrogens is 232 g/mol. The van der Waals surface area contributed by atoms with Gasteiger partial charge < -0.3 is 5.32 Å². The van der Waals surface area contributed by atoms with Crippen molar-refractivity contribution >= 4 is 33.0 Å². The van der Waals surface area contributed by atoms with Crippen molar-refractivity contribution in [3.63, 3.8) is 0 Å². The van der Waals surface area contributed by atoms with Crippen molar-refractivity contribution in [2.75, 3.05) is 5.32 Å². The van der Waals surface area contributed by atoms with Gasteiger partial charge in [0.15, 0.2) is 0 Å². The maximum Gasteiger partial charge on any atom is 0.247 e. The summed E-state index contributed by atoms with van der Waals surface area (Å²) in [6.07, 6.45) is 1.23. The number of fused-ring (bicyclic) bond motifs is 1. The van der Waals surface area contributed by atoms with Gasteiger partial charge in [-0.1, -0.05) is 6.58 Å². The van der Waals surface area contributed by atoms with Gasteiger partial charge in [-0.2, -0.15) is 5.26 Å². The van der Waals surface area contributed by atoms with Crippen LogP contribution in [0.15, 0.2) is 30.9 Å². The Labute approximate surface area is 103 Å². The van der Waals surface area contributed by atoms with Crippen LogP contribution >= 0.6 is 11.3 Å². The SMILES string of the molecule is C=CC(=O)Nc1ccc2sc(C#N)c(C)c2c1. The topological polar surface area (TPSA) is 52.9 Å². The first-order valence-corrected chi connectivity index (χ1v) is 5.84. The van der Waals surface area contributed by atoms with Crippen LogP contribution in [0.1, 0.15) is 10.4 Å². The number of rotatable bonds is 2. The van der Waals surface area contributed by atoms with E-state index in [0.717, 1.165) is 15.6 Å². The van der Waals surface area contributed by atoms with Gasteiger partial charge in [0.2, 0.25) is 5.91 Å². The van der Waals surface area contributed by atoms with Crippen LogP contribution in [0.4, 0.5) is 5.69 Å². The molecule has 1 aromatic carbocycles. The fraction of sp³-hybridized carbons (Fsp3) is 0.0769. The first-order chi connectivity index (χ1) is 8.15. The lowest BCUT2D eigenvalue weighted by Gasteiger charge is -2.02. The molecule has 0 saturated heterocycles. The van der Waals surface area contributed by atoms with E-state index < -0.39 is 0 Å². The zero-order chi connectivity index (χ0) is 12.4. The number of nitrogens with one attached hydrogen (secondary N) is 1. The standard InChI is InChI=1S/C13H10N2OS/c1-3-13(16)15-9-4-5-11-10(6-9)8(2)12(7-14)17-11/h3-6H,1H2,2H3,(H,15,16). The molecular formula is C13H10N2OS. The van der Waals surface area contributed by atoms with Crippen molar-refractivity contribution in [3.05, 3.63) is 41.3 Å². The zero-order valence-corrected chi connectivity index (χ0v) is 10.1. The van der Waals surface area contributed by atoms with Gasteiger partial charge in [-0.25, -0.2) is 0 Å². The smallest absolute Gasteiger partial charge is 0.247 e. The van der Waals surface area contributed by atoms with Crippen molar-refractivity contribution in [2.45, 2.75) is 6.92 Å². The number of nitrogens with zero attached hydrogens (tertiary/aromatic N) is 1. The van der Waals surface area contributed by atoms with Crippen LogP contribution < -0.4 is 5.32 Å². The van der Waals surface area contributed by atoms with Crippen LogP contribution in [-0.4, -0.2) is 5.91 Å². The van der Waals surface area contributed by atoms with Crippen LogP contribution in [0.5, 0.6) is 0 Å². The molecule has 4 heteroatoms. The fourth-order valence-electron chi connectivity index (χ4n) is 1.60. The van der Waals surface area contributed by atoms with E-state index >= 15 is 0 Å². The molecule has 3 nitrogen and oxygen atoms in total. The van der Waals surface area contributed by atoms with Gasteiger partial charge in [0.05, 0.1) is 0 Å². The van der Waals surface area contributed by atoms with Crippen molar-refractivity contribution in [2.24, 2.45) is 0 Å². The van der Waals surface area contributed by atoms with E-state index in [1.54, 1.807) is 0 Å². The number of thiophene rings is 1. The molecule has 0 saturated carbocycles. The van der Waals surface area contributed by atoms with Crippen LogP contribution in [0.3, 0.4) is 0 Å². The summed E-state index contributed by atoms with van der Waals surface area (Å²) < 4.78 is 1.05. The summed E-state index contributed by atoms with van der Waals surface area (Å²) in [5.41, 5.74) is 1.68. The minimum absolute atomic E-state index is 0.238. The summed E-state index contributed by atoms with van der Waals surface area (Å²) in [5.74, 6) is -0.238. The predicted octanol–water partition coefficient (Wildman–Crippen LogP) is 3.21. The monoisotopic (exact) mass is 242 g/mol. The molecule has 0 atom stereocenters. The molecule has 0 bridgehead atoms. The van der Waals surface area contributed by atoms with E-state index in [9.17, 15) is 4.79 Å². The van der Waals surface area contributed by atoms with Gasteiger partial charge in [0, 0.05) is 10.4 Å². The second-order valence-corrected chi connectivity index (χ2v) is 4.62. The van der Waals surface area contributed by atoms with E-state index in [2.05, 4.69) is 18.0 Å². The first-order valence-electron chi connectivity index (χ1n) is 5.02. The lowest BCUT2D eigenvalue weighted by molar-refractivity contribution is -0.111. The minimum atomic E-state index is -0.238. The van der Waals surface area contributed by atoms with Gasteiger partial charge in [-0.15, -0.1) is 11.3 Å². The second kappa shape index (κ2) is 4.40. The van der Waals surface area contributed by atoms with E-state index in [1.807, 2.05) is 25.1 Å². The number of anilines is 1. The molecule has 0 radical (unpaired) electrons. The third-order valence-corrected chi connectivity index (χ3v) is 3.67. The second-order valence-electron chi connectivity index (χ2n) is 3.57. The van der Waals surface area contributed by atoms with Crippen molar-refractivity contribution in [1.82, 2.24) is 0 Å². The Morgan fingerprint density at radius 2 is 2.35 bits per heavy atom. The normalized spacial score (nSPS) is 9.88. The lowest BCUT2D eigenvalue weighted by atomic mass is 10.1. The maximum atomic E-state index is 11.2. The highest BCUT2D eigenvalue weighted by molar-refractivity contribution is 7.19. The number of amides is 1. The average molecular weight is 242 g/mol. The van der Waals surface area contributed by atoms with Crippen LogP contribution in [0.25, 0.3) is 10.1 Å². The molecule has 0 fully saturated rings. The van der Waals surface area contributed by atoms with Crippen LogP contribution in [0, 0.1) is 18.3 Å². The summed E-state index contributed by atoms with van der Waals surface area (Å²) in [7, 11) is 0. The van der Waals surface area contributed by atoms with E-state index in [-0.39, 0.29) is 5.91 Å². The van der Waals surface area contributed by atoms with Gasteiger partial charge in [-0.05, 0) is 42.1 Å². The van der Waals surface area contributed by atoms with Crippen LogP contribution in [-0.2, 0) is 4.79 Å². The lowest BCUT2D eigenvalue weighted by Crippen LogP contribution is -2.06. The van der Waals surface area contributed by atoms with Crippen molar-refractivity contribution in [3.8, 4) is 6.07 Å². The molecule has 0 aliphatic rings.